The Morgan fingerprint density at radius 1 is 1.20 bits per heavy atom. The molecule has 0 bridgehead atoms. The molecule has 2 aliphatic rings. The third-order valence-corrected chi connectivity index (χ3v) is 8.60. The van der Waals surface area contributed by atoms with E-state index in [-0.39, 0.29) is 47.0 Å². The van der Waals surface area contributed by atoms with Crippen molar-refractivity contribution in [2.75, 3.05) is 25.1 Å². The number of rotatable bonds is 9. The van der Waals surface area contributed by atoms with Crippen molar-refractivity contribution in [1.82, 2.24) is 9.97 Å². The Hall–Kier alpha value is -3.55. The van der Waals surface area contributed by atoms with E-state index in [0.717, 1.165) is 18.1 Å². The fourth-order valence-electron chi connectivity index (χ4n) is 6.05. The maximum absolute atomic E-state index is 15.4. The molecule has 3 heterocycles. The molecule has 12 heteroatoms. The molecule has 5 rings (SSSR count). The molecule has 1 aliphatic heterocycles. The van der Waals surface area contributed by atoms with Crippen molar-refractivity contribution in [2.24, 2.45) is 11.7 Å². The van der Waals surface area contributed by atoms with Gasteiger partial charge in [-0.3, -0.25) is 9.78 Å². The third-order valence-electron chi connectivity index (χ3n) is 8.14. The Morgan fingerprint density at radius 3 is 2.73 bits per heavy atom. The van der Waals surface area contributed by atoms with Crippen molar-refractivity contribution < 1.29 is 27.8 Å². The zero-order chi connectivity index (χ0) is 31.2. The number of carbonyl (C=O) groups is 1. The number of hydrogen-bond acceptors (Lipinski definition) is 8. The SMILES string of the molecule is CC1CC(c2ccncc2NC(=O)c2ccc(F)c(-c3c(F)cc(OC4CCOCC4)cc3P)n2)CC(N)C1OCCC#N. The molecule has 1 aromatic carbocycles. The lowest BCUT2D eigenvalue weighted by Crippen LogP contribution is -2.46. The third kappa shape index (κ3) is 7.39. The van der Waals surface area contributed by atoms with E-state index < -0.39 is 17.5 Å². The zero-order valence-electron chi connectivity index (χ0n) is 24.5. The van der Waals surface area contributed by atoms with Crippen molar-refractivity contribution in [3.8, 4) is 23.1 Å². The van der Waals surface area contributed by atoms with Crippen molar-refractivity contribution >= 4 is 26.1 Å². The number of nitrogens with zero attached hydrogens (tertiary/aromatic N) is 3. The summed E-state index contributed by atoms with van der Waals surface area (Å²) in [5, 5.41) is 12.0. The Bertz CT molecular complexity index is 1500. The maximum Gasteiger partial charge on any atom is 0.274 e. The number of ether oxygens (including phenoxy) is 3. The number of benzene rings is 1. The molecule has 2 fully saturated rings. The van der Waals surface area contributed by atoms with E-state index in [1.807, 2.05) is 6.07 Å². The van der Waals surface area contributed by atoms with Gasteiger partial charge in [-0.15, -0.1) is 9.24 Å². The molecule has 44 heavy (non-hydrogen) atoms. The number of pyridine rings is 2. The summed E-state index contributed by atoms with van der Waals surface area (Å²) in [6.07, 6.45) is 6.06. The lowest BCUT2D eigenvalue weighted by atomic mass is 9.74. The van der Waals surface area contributed by atoms with Crippen LogP contribution in [0.1, 0.15) is 61.0 Å². The lowest BCUT2D eigenvalue weighted by molar-refractivity contribution is -0.0198. The summed E-state index contributed by atoms with van der Waals surface area (Å²) < 4.78 is 47.6. The van der Waals surface area contributed by atoms with Crippen molar-refractivity contribution in [3.05, 3.63) is 65.6 Å². The van der Waals surface area contributed by atoms with Crippen molar-refractivity contribution in [3.63, 3.8) is 0 Å². The van der Waals surface area contributed by atoms with Crippen LogP contribution >= 0.6 is 9.24 Å². The van der Waals surface area contributed by atoms with Crippen LogP contribution in [0.3, 0.4) is 0 Å². The first kappa shape index (κ1) is 31.9. The molecule has 1 saturated heterocycles. The minimum absolute atomic E-state index is 0.0292. The number of carbonyl (C=O) groups excluding carboxylic acids is 1. The molecule has 5 atom stereocenters. The smallest absolute Gasteiger partial charge is 0.274 e. The Kier molecular flexibility index (Phi) is 10.5. The second kappa shape index (κ2) is 14.5. The highest BCUT2D eigenvalue weighted by molar-refractivity contribution is 7.28. The van der Waals surface area contributed by atoms with Crippen LogP contribution in [0.5, 0.6) is 5.75 Å². The Balaban J connectivity index is 1.33. The highest BCUT2D eigenvalue weighted by Gasteiger charge is 2.36. The van der Waals surface area contributed by atoms with E-state index in [9.17, 15) is 4.79 Å². The first-order valence-electron chi connectivity index (χ1n) is 14.7. The monoisotopic (exact) mass is 623 g/mol. The Labute approximate surface area is 257 Å². The molecule has 3 N–H and O–H groups in total. The molecule has 9 nitrogen and oxygen atoms in total. The molecule has 0 spiro atoms. The molecule has 232 valence electrons. The fourth-order valence-corrected chi connectivity index (χ4v) is 6.49. The van der Waals surface area contributed by atoms with E-state index in [0.29, 0.717) is 62.2 Å². The second-order valence-electron chi connectivity index (χ2n) is 11.3. The number of aromatic nitrogens is 2. The summed E-state index contributed by atoms with van der Waals surface area (Å²) in [5.74, 6) is -1.57. The normalized spacial score (nSPS) is 22.3. The van der Waals surface area contributed by atoms with Crippen LogP contribution in [-0.4, -0.2) is 53.9 Å². The van der Waals surface area contributed by atoms with Gasteiger partial charge in [-0.25, -0.2) is 13.8 Å². The van der Waals surface area contributed by atoms with E-state index in [1.165, 1.54) is 12.1 Å². The molecular weight excluding hydrogens is 587 g/mol. The zero-order valence-corrected chi connectivity index (χ0v) is 25.6. The molecule has 2 aromatic heterocycles. The van der Waals surface area contributed by atoms with Gasteiger partial charge < -0.3 is 25.3 Å². The van der Waals surface area contributed by atoms with Gasteiger partial charge in [0.25, 0.3) is 5.91 Å². The van der Waals surface area contributed by atoms with Crippen LogP contribution in [0.15, 0.2) is 42.7 Å². The minimum atomic E-state index is -0.763. The van der Waals surface area contributed by atoms with Gasteiger partial charge in [0.15, 0.2) is 0 Å². The summed E-state index contributed by atoms with van der Waals surface area (Å²) in [7, 11) is 2.40. The van der Waals surface area contributed by atoms with Crippen LogP contribution in [0.25, 0.3) is 11.3 Å². The molecule has 3 aromatic rings. The van der Waals surface area contributed by atoms with E-state index >= 15 is 8.78 Å². The van der Waals surface area contributed by atoms with E-state index in [4.69, 9.17) is 25.2 Å². The fraction of sp³-hybridized carbons (Fsp3) is 0.438. The van der Waals surface area contributed by atoms with Crippen molar-refractivity contribution in [2.45, 2.75) is 63.2 Å². The number of anilines is 1. The average molecular weight is 624 g/mol. The van der Waals surface area contributed by atoms with E-state index in [2.05, 4.69) is 37.5 Å². The highest BCUT2D eigenvalue weighted by Crippen LogP contribution is 2.40. The first-order chi connectivity index (χ1) is 21.2. The standard InChI is InChI=1S/C32H36F2N5O4P/c1-18-13-19(14-25(36)31(18)42-10-2-8-35)22-5-9-37-17-27(22)39-32(40)26-4-3-23(33)30(38-26)29-24(34)15-21(16-28(29)44)43-20-6-11-41-12-7-20/h3-5,9,15-20,25,31H,2,6-7,10-14,36,44H2,1H3,(H,39,40). The minimum Gasteiger partial charge on any atom is -0.490 e. The van der Waals surface area contributed by atoms with Crippen LogP contribution in [0.4, 0.5) is 14.5 Å². The summed E-state index contributed by atoms with van der Waals surface area (Å²) in [5.41, 5.74) is 7.42. The highest BCUT2D eigenvalue weighted by atomic mass is 31.0. The molecule has 1 aliphatic carbocycles. The van der Waals surface area contributed by atoms with Gasteiger partial charge in [0.1, 0.15) is 34.9 Å². The second-order valence-corrected chi connectivity index (χ2v) is 11.9. The van der Waals surface area contributed by atoms with E-state index in [1.54, 1.807) is 18.5 Å². The number of halogens is 2. The summed E-state index contributed by atoms with van der Waals surface area (Å²) in [6, 6.07) is 8.87. The van der Waals surface area contributed by atoms with Gasteiger partial charge in [0.2, 0.25) is 0 Å². The average Bonchev–Trinajstić information content (AvgIpc) is 3.00. The summed E-state index contributed by atoms with van der Waals surface area (Å²) >= 11 is 0. The predicted molar refractivity (Wildman–Crippen MR) is 165 cm³/mol. The molecule has 0 radical (unpaired) electrons. The largest absolute Gasteiger partial charge is 0.490 e. The topological polar surface area (TPSA) is 132 Å². The van der Waals surface area contributed by atoms with Crippen LogP contribution in [0.2, 0.25) is 0 Å². The van der Waals surface area contributed by atoms with Gasteiger partial charge in [-0.05, 0) is 59.8 Å². The van der Waals surface area contributed by atoms with Crippen molar-refractivity contribution in [1.29, 1.82) is 5.26 Å². The molecular formula is C32H36F2N5O4P. The van der Waals surface area contributed by atoms with Gasteiger partial charge in [-0.1, -0.05) is 6.92 Å². The van der Waals surface area contributed by atoms with Gasteiger partial charge in [-0.2, -0.15) is 5.26 Å². The lowest BCUT2D eigenvalue weighted by Gasteiger charge is -2.39. The number of hydrogen-bond donors (Lipinski definition) is 2. The van der Waals surface area contributed by atoms with Gasteiger partial charge in [0.05, 0.1) is 50.3 Å². The first-order valence-corrected chi connectivity index (χ1v) is 15.3. The number of nitrogens with two attached hydrogens (primary N) is 1. The predicted octanol–water partition coefficient (Wildman–Crippen LogP) is 4.87. The van der Waals surface area contributed by atoms with Crippen LogP contribution in [0, 0.1) is 28.9 Å². The maximum atomic E-state index is 15.4. The van der Waals surface area contributed by atoms with Crippen LogP contribution in [-0.2, 0) is 9.47 Å². The molecule has 1 saturated carbocycles. The summed E-state index contributed by atoms with van der Waals surface area (Å²) in [4.78, 5) is 21.8. The quantitative estimate of drug-likeness (QED) is 0.255. The van der Waals surface area contributed by atoms with Gasteiger partial charge in [0, 0.05) is 36.7 Å². The molecule has 5 unspecified atom stereocenters. The summed E-state index contributed by atoms with van der Waals surface area (Å²) in [6.45, 7) is 3.56. The number of amides is 1. The Morgan fingerprint density at radius 2 is 2.00 bits per heavy atom. The van der Waals surface area contributed by atoms with Gasteiger partial charge >= 0.3 is 0 Å². The number of nitrogens with one attached hydrogen (secondary N) is 1. The van der Waals surface area contributed by atoms with Crippen LogP contribution < -0.4 is 21.1 Å². The number of nitriles is 1. The molecule has 1 amide bonds.